The molecule has 1 saturated heterocycles. The van der Waals surface area contributed by atoms with Crippen molar-refractivity contribution in [1.29, 1.82) is 0 Å². The van der Waals surface area contributed by atoms with Gasteiger partial charge in [0.15, 0.2) is 0 Å². The molecule has 1 heterocycles. The number of thioether (sulfide) groups is 1. The molecule has 19 heavy (non-hydrogen) atoms. The average molecular weight is 281 g/mol. The van der Waals surface area contributed by atoms with Gasteiger partial charge in [-0.3, -0.25) is 14.9 Å². The Balaban J connectivity index is 2.28. The lowest BCUT2D eigenvalue weighted by molar-refractivity contribution is -0.383. The molecule has 1 aliphatic heterocycles. The molecule has 0 aliphatic carbocycles. The summed E-state index contributed by atoms with van der Waals surface area (Å²) in [5.74, 6) is 1.68. The fourth-order valence-electron chi connectivity index (χ4n) is 2.08. The van der Waals surface area contributed by atoms with Gasteiger partial charge in [0.05, 0.1) is 10.5 Å². The van der Waals surface area contributed by atoms with E-state index in [0.717, 1.165) is 17.9 Å². The van der Waals surface area contributed by atoms with Crippen LogP contribution < -0.4 is 5.73 Å². The third-order valence-electron chi connectivity index (χ3n) is 3.28. The summed E-state index contributed by atoms with van der Waals surface area (Å²) < 4.78 is 0. The van der Waals surface area contributed by atoms with Crippen molar-refractivity contribution >= 4 is 29.0 Å². The van der Waals surface area contributed by atoms with Crippen LogP contribution in [-0.4, -0.2) is 40.3 Å². The highest BCUT2D eigenvalue weighted by molar-refractivity contribution is 7.99. The topological polar surface area (TPSA) is 89.5 Å². The second-order valence-electron chi connectivity index (χ2n) is 4.43. The van der Waals surface area contributed by atoms with E-state index in [-0.39, 0.29) is 28.9 Å². The van der Waals surface area contributed by atoms with E-state index >= 15 is 0 Å². The number of hydrogen-bond donors (Lipinski definition) is 1. The Bertz CT molecular complexity index is 515. The maximum absolute atomic E-state index is 12.3. The first-order valence-corrected chi connectivity index (χ1v) is 7.05. The van der Waals surface area contributed by atoms with Crippen LogP contribution in [0.2, 0.25) is 0 Å². The van der Waals surface area contributed by atoms with Gasteiger partial charge in [0, 0.05) is 24.9 Å². The lowest BCUT2D eigenvalue weighted by Gasteiger charge is -2.24. The summed E-state index contributed by atoms with van der Waals surface area (Å²) in [5.41, 5.74) is 5.65. The molecule has 6 nitrogen and oxygen atoms in total. The Morgan fingerprint density at radius 3 is 2.89 bits per heavy atom. The lowest BCUT2D eigenvalue weighted by Crippen LogP contribution is -2.37. The number of carbonyl (C=O) groups is 1. The fraction of sp³-hybridized carbons (Fsp3) is 0.417. The van der Waals surface area contributed by atoms with Gasteiger partial charge in [0.2, 0.25) is 0 Å². The van der Waals surface area contributed by atoms with Crippen LogP contribution >= 0.6 is 11.8 Å². The minimum atomic E-state index is -0.572. The van der Waals surface area contributed by atoms with E-state index < -0.39 is 4.92 Å². The molecule has 1 aromatic rings. The highest BCUT2D eigenvalue weighted by Crippen LogP contribution is 2.28. The van der Waals surface area contributed by atoms with E-state index in [2.05, 4.69) is 0 Å². The normalized spacial score (nSPS) is 18.3. The molecule has 7 heteroatoms. The van der Waals surface area contributed by atoms with Gasteiger partial charge < -0.3 is 10.6 Å². The summed E-state index contributed by atoms with van der Waals surface area (Å²) >= 11 is 1.80. The number of nitrogen functional groups attached to an aromatic ring is 1. The van der Waals surface area contributed by atoms with Crippen LogP contribution in [0.1, 0.15) is 16.8 Å². The van der Waals surface area contributed by atoms with Crippen LogP contribution in [0, 0.1) is 10.1 Å². The van der Waals surface area contributed by atoms with Gasteiger partial charge in [-0.2, -0.15) is 11.8 Å². The van der Waals surface area contributed by atoms with Gasteiger partial charge in [-0.15, -0.1) is 0 Å². The van der Waals surface area contributed by atoms with Gasteiger partial charge in [-0.1, -0.05) is 6.07 Å². The van der Waals surface area contributed by atoms with Crippen molar-refractivity contribution in [3.05, 3.63) is 33.9 Å². The second-order valence-corrected chi connectivity index (χ2v) is 5.58. The second kappa shape index (κ2) is 5.48. The number of carbonyl (C=O) groups excluding carboxylic acids is 1. The highest BCUT2D eigenvalue weighted by atomic mass is 32.2. The number of rotatable bonds is 3. The van der Waals surface area contributed by atoms with E-state index in [1.807, 2.05) is 0 Å². The van der Waals surface area contributed by atoms with Gasteiger partial charge in [-0.25, -0.2) is 0 Å². The minimum Gasteiger partial charge on any atom is -0.393 e. The summed E-state index contributed by atoms with van der Waals surface area (Å²) in [4.78, 5) is 24.2. The van der Waals surface area contributed by atoms with Crippen LogP contribution in [-0.2, 0) is 0 Å². The van der Waals surface area contributed by atoms with Crippen molar-refractivity contribution in [2.45, 2.75) is 12.5 Å². The van der Waals surface area contributed by atoms with Crippen molar-refractivity contribution in [2.24, 2.45) is 0 Å². The summed E-state index contributed by atoms with van der Waals surface area (Å²) in [5, 5.41) is 10.8. The fourth-order valence-corrected chi connectivity index (χ4v) is 3.35. The molecule has 102 valence electrons. The van der Waals surface area contributed by atoms with Crippen molar-refractivity contribution in [3.8, 4) is 0 Å². The number of para-hydroxylation sites is 1. The lowest BCUT2D eigenvalue weighted by atomic mass is 10.1. The molecule has 0 aromatic heterocycles. The zero-order valence-electron chi connectivity index (χ0n) is 10.5. The number of amides is 1. The molecule has 1 fully saturated rings. The van der Waals surface area contributed by atoms with E-state index in [1.165, 1.54) is 18.2 Å². The molecule has 1 atom stereocenters. The number of nitro benzene ring substituents is 1. The molecular formula is C12H15N3O3S. The van der Waals surface area contributed by atoms with Gasteiger partial charge >= 0.3 is 0 Å². The maximum atomic E-state index is 12.3. The molecule has 0 radical (unpaired) electrons. The van der Waals surface area contributed by atoms with Crippen molar-refractivity contribution < 1.29 is 9.72 Å². The predicted octanol–water partition coefficient (Wildman–Crippen LogP) is 1.75. The zero-order valence-corrected chi connectivity index (χ0v) is 11.4. The first kappa shape index (κ1) is 13.7. The highest BCUT2D eigenvalue weighted by Gasteiger charge is 2.27. The van der Waals surface area contributed by atoms with E-state index in [9.17, 15) is 14.9 Å². The number of benzene rings is 1. The van der Waals surface area contributed by atoms with Crippen LogP contribution in [0.5, 0.6) is 0 Å². The minimum absolute atomic E-state index is 0.0602. The maximum Gasteiger partial charge on any atom is 0.292 e. The van der Waals surface area contributed by atoms with E-state index in [0.29, 0.717) is 0 Å². The summed E-state index contributed by atoms with van der Waals surface area (Å²) in [6.45, 7) is 0. The molecular weight excluding hydrogens is 266 g/mol. The third-order valence-corrected chi connectivity index (χ3v) is 4.43. The van der Waals surface area contributed by atoms with Gasteiger partial charge in [0.25, 0.3) is 11.6 Å². The average Bonchev–Trinajstić information content (AvgIpc) is 2.90. The monoisotopic (exact) mass is 281 g/mol. The molecule has 0 spiro atoms. The van der Waals surface area contributed by atoms with E-state index in [1.54, 1.807) is 23.7 Å². The molecule has 0 saturated carbocycles. The molecule has 1 unspecified atom stereocenters. The quantitative estimate of drug-likeness (QED) is 0.518. The Labute approximate surface area is 115 Å². The van der Waals surface area contributed by atoms with E-state index in [4.69, 9.17) is 5.73 Å². The Morgan fingerprint density at radius 1 is 1.58 bits per heavy atom. The molecule has 2 N–H and O–H groups in total. The largest absolute Gasteiger partial charge is 0.393 e. The number of nitro groups is 1. The van der Waals surface area contributed by atoms with Crippen molar-refractivity contribution in [3.63, 3.8) is 0 Å². The summed E-state index contributed by atoms with van der Waals surface area (Å²) in [6.07, 6.45) is 0.946. The van der Waals surface area contributed by atoms with Crippen molar-refractivity contribution in [1.82, 2.24) is 4.90 Å². The molecule has 1 aliphatic rings. The SMILES string of the molecule is CN(C(=O)c1cccc([N+](=O)[O-])c1N)C1CCSC1. The van der Waals surface area contributed by atoms with Crippen LogP contribution in [0.15, 0.2) is 18.2 Å². The summed E-state index contributed by atoms with van der Waals surface area (Å²) in [6, 6.07) is 4.50. The first-order valence-electron chi connectivity index (χ1n) is 5.90. The molecule has 1 aromatic carbocycles. The number of nitrogens with zero attached hydrogens (tertiary/aromatic N) is 2. The van der Waals surface area contributed by atoms with Crippen LogP contribution in [0.25, 0.3) is 0 Å². The number of hydrogen-bond acceptors (Lipinski definition) is 5. The molecule has 0 bridgehead atoms. The Morgan fingerprint density at radius 2 is 2.32 bits per heavy atom. The number of anilines is 1. The van der Waals surface area contributed by atoms with Crippen molar-refractivity contribution in [2.75, 3.05) is 24.3 Å². The van der Waals surface area contributed by atoms with Crippen LogP contribution in [0.3, 0.4) is 0 Å². The Kier molecular flexibility index (Phi) is 3.94. The standard InChI is InChI=1S/C12H15N3O3S/c1-14(8-5-6-19-7-8)12(16)9-3-2-4-10(11(9)13)15(17)18/h2-4,8H,5-7,13H2,1H3. The predicted molar refractivity (Wildman–Crippen MR) is 75.3 cm³/mol. The van der Waals surface area contributed by atoms with Gasteiger partial charge in [0.1, 0.15) is 5.69 Å². The summed E-state index contributed by atoms with van der Waals surface area (Å²) in [7, 11) is 1.72. The first-order chi connectivity index (χ1) is 9.02. The zero-order chi connectivity index (χ0) is 14.0. The molecule has 2 rings (SSSR count). The van der Waals surface area contributed by atoms with Crippen LogP contribution in [0.4, 0.5) is 11.4 Å². The third kappa shape index (κ3) is 2.65. The molecule has 1 amide bonds. The van der Waals surface area contributed by atoms with Gasteiger partial charge in [-0.05, 0) is 18.2 Å². The Hall–Kier alpha value is -1.76. The number of nitrogens with two attached hydrogens (primary N) is 1. The smallest absolute Gasteiger partial charge is 0.292 e.